The zero-order valence-electron chi connectivity index (χ0n) is 15.4. The second-order valence-electron chi connectivity index (χ2n) is 5.96. The van der Waals surface area contributed by atoms with Gasteiger partial charge in [0, 0.05) is 22.8 Å². The number of rotatable bonds is 7. The van der Waals surface area contributed by atoms with Crippen molar-refractivity contribution < 1.29 is 9.32 Å². The van der Waals surface area contributed by atoms with E-state index >= 15 is 0 Å². The Morgan fingerprint density at radius 1 is 1.37 bits per heavy atom. The van der Waals surface area contributed by atoms with Gasteiger partial charge in [-0.15, -0.1) is 11.8 Å². The van der Waals surface area contributed by atoms with Gasteiger partial charge in [0.2, 0.25) is 0 Å². The summed E-state index contributed by atoms with van der Waals surface area (Å²) in [5.74, 6) is 2.06. The lowest BCUT2D eigenvalue weighted by Crippen LogP contribution is -2.25. The number of hydrogen-bond acceptors (Lipinski definition) is 6. The number of aromatic nitrogens is 4. The van der Waals surface area contributed by atoms with E-state index in [1.54, 1.807) is 11.8 Å². The van der Waals surface area contributed by atoms with E-state index in [-0.39, 0.29) is 5.91 Å². The maximum Gasteiger partial charge on any atom is 0.252 e. The summed E-state index contributed by atoms with van der Waals surface area (Å²) < 4.78 is 7.62. The Hall–Kier alpha value is -2.39. The lowest BCUT2D eigenvalue weighted by Gasteiger charge is -2.10. The first-order valence-corrected chi connectivity index (χ1v) is 9.96. The van der Waals surface area contributed by atoms with Gasteiger partial charge in [-0.05, 0) is 45.1 Å². The van der Waals surface area contributed by atoms with Gasteiger partial charge in [-0.1, -0.05) is 17.3 Å². The van der Waals surface area contributed by atoms with Crippen LogP contribution in [0.4, 0.5) is 0 Å². The van der Waals surface area contributed by atoms with E-state index in [1.807, 2.05) is 49.6 Å². The number of benzene rings is 1. The Kier molecular flexibility index (Phi) is 6.12. The molecule has 0 atom stereocenters. The van der Waals surface area contributed by atoms with Gasteiger partial charge in [-0.3, -0.25) is 9.89 Å². The van der Waals surface area contributed by atoms with E-state index in [9.17, 15) is 4.79 Å². The maximum atomic E-state index is 12.7. The number of nitrogens with one attached hydrogen (secondary N) is 2. The molecule has 3 rings (SSSR count). The molecule has 142 valence electrons. The van der Waals surface area contributed by atoms with Crippen molar-refractivity contribution in [1.82, 2.24) is 25.2 Å². The Morgan fingerprint density at radius 2 is 2.15 bits per heavy atom. The van der Waals surface area contributed by atoms with Crippen molar-refractivity contribution in [2.24, 2.45) is 0 Å². The molecule has 0 radical (unpaired) electrons. The van der Waals surface area contributed by atoms with Crippen LogP contribution in [0.5, 0.6) is 0 Å². The molecule has 0 unspecified atom stereocenters. The van der Waals surface area contributed by atoms with E-state index in [0.717, 1.165) is 21.9 Å². The zero-order chi connectivity index (χ0) is 19.4. The lowest BCUT2D eigenvalue weighted by atomic mass is 10.2. The van der Waals surface area contributed by atoms with Crippen molar-refractivity contribution >= 4 is 29.9 Å². The van der Waals surface area contributed by atoms with Crippen molar-refractivity contribution in [2.75, 3.05) is 0 Å². The van der Waals surface area contributed by atoms with Crippen LogP contribution in [0.2, 0.25) is 0 Å². The van der Waals surface area contributed by atoms with Crippen LogP contribution in [-0.4, -0.2) is 25.8 Å². The monoisotopic (exact) mass is 403 g/mol. The molecule has 27 heavy (non-hydrogen) atoms. The molecule has 2 N–H and O–H groups in total. The van der Waals surface area contributed by atoms with Crippen LogP contribution >= 0.6 is 24.0 Å². The van der Waals surface area contributed by atoms with Crippen molar-refractivity contribution in [1.29, 1.82) is 0 Å². The Morgan fingerprint density at radius 3 is 2.85 bits per heavy atom. The normalized spacial score (nSPS) is 10.9. The number of aromatic amines is 1. The lowest BCUT2D eigenvalue weighted by molar-refractivity contribution is 0.0946. The highest BCUT2D eigenvalue weighted by Crippen LogP contribution is 2.28. The van der Waals surface area contributed by atoms with Gasteiger partial charge < -0.3 is 14.4 Å². The molecule has 0 aliphatic carbocycles. The van der Waals surface area contributed by atoms with Crippen LogP contribution in [0.25, 0.3) is 0 Å². The van der Waals surface area contributed by atoms with Crippen LogP contribution < -0.4 is 5.32 Å². The quantitative estimate of drug-likeness (QED) is 0.461. The first-order valence-electron chi connectivity index (χ1n) is 8.57. The molecule has 0 fully saturated rings. The molecule has 1 amide bonds. The Balaban J connectivity index is 1.71. The minimum absolute atomic E-state index is 0.145. The third-order valence-electron chi connectivity index (χ3n) is 4.25. The van der Waals surface area contributed by atoms with Crippen molar-refractivity contribution in [3.05, 3.63) is 57.4 Å². The smallest absolute Gasteiger partial charge is 0.252 e. The number of thioether (sulfide) groups is 1. The summed E-state index contributed by atoms with van der Waals surface area (Å²) in [5.41, 5.74) is 2.57. The molecular formula is C18H21N5O2S2. The van der Waals surface area contributed by atoms with Gasteiger partial charge in [0.1, 0.15) is 5.76 Å². The second kappa shape index (κ2) is 8.53. The molecule has 0 saturated carbocycles. The Labute approximate surface area is 166 Å². The zero-order valence-corrected chi connectivity index (χ0v) is 17.0. The fourth-order valence-corrected chi connectivity index (χ4v) is 4.19. The summed E-state index contributed by atoms with van der Waals surface area (Å²) in [7, 11) is 0. The molecule has 0 saturated heterocycles. The highest BCUT2D eigenvalue weighted by atomic mass is 32.2. The topological polar surface area (TPSA) is 88.7 Å². The highest BCUT2D eigenvalue weighted by molar-refractivity contribution is 7.98. The average molecular weight is 404 g/mol. The van der Waals surface area contributed by atoms with Crippen LogP contribution in [0.15, 0.2) is 33.7 Å². The summed E-state index contributed by atoms with van der Waals surface area (Å²) in [6.45, 7) is 6.81. The molecule has 3 aromatic rings. The number of carbonyl (C=O) groups excluding carboxylic acids is 1. The van der Waals surface area contributed by atoms with Crippen LogP contribution in [0, 0.1) is 18.6 Å². The molecule has 7 nitrogen and oxygen atoms in total. The maximum absolute atomic E-state index is 12.7. The van der Waals surface area contributed by atoms with Gasteiger partial charge in [-0.2, -0.15) is 5.10 Å². The predicted molar refractivity (Wildman–Crippen MR) is 106 cm³/mol. The molecule has 0 spiro atoms. The SMILES string of the molecule is CCn1c(CNC(=O)c2ccccc2SCc2c(C)noc2C)n[nH]c1=S. The van der Waals surface area contributed by atoms with Gasteiger partial charge in [0.15, 0.2) is 10.6 Å². The largest absolute Gasteiger partial charge is 0.361 e. The fourth-order valence-electron chi connectivity index (χ4n) is 2.70. The molecule has 9 heteroatoms. The molecule has 0 aliphatic rings. The predicted octanol–water partition coefficient (Wildman–Crippen LogP) is 3.79. The van der Waals surface area contributed by atoms with Gasteiger partial charge in [0.05, 0.1) is 17.8 Å². The number of amides is 1. The summed E-state index contributed by atoms with van der Waals surface area (Å²) >= 11 is 6.77. The van der Waals surface area contributed by atoms with Crippen LogP contribution in [0.1, 0.15) is 40.1 Å². The number of H-pyrrole nitrogens is 1. The Bertz CT molecular complexity index is 986. The number of carbonyl (C=O) groups is 1. The standard InChI is InChI=1S/C18H21N5O2S2/c1-4-23-16(20-21-18(23)26)9-19-17(24)13-7-5-6-8-15(13)27-10-14-11(2)22-25-12(14)3/h5-8H,4,9-10H2,1-3H3,(H,19,24)(H,21,26). The number of hydrogen-bond donors (Lipinski definition) is 2. The van der Waals surface area contributed by atoms with Crippen molar-refractivity contribution in [3.63, 3.8) is 0 Å². The summed E-state index contributed by atoms with van der Waals surface area (Å²) in [6, 6.07) is 7.55. The van der Waals surface area contributed by atoms with Crippen molar-refractivity contribution in [3.8, 4) is 0 Å². The van der Waals surface area contributed by atoms with E-state index in [0.29, 0.717) is 35.0 Å². The minimum atomic E-state index is -0.145. The van der Waals surface area contributed by atoms with Gasteiger partial charge in [0.25, 0.3) is 5.91 Å². The highest BCUT2D eigenvalue weighted by Gasteiger charge is 2.15. The van der Waals surface area contributed by atoms with Crippen LogP contribution in [-0.2, 0) is 18.8 Å². The van der Waals surface area contributed by atoms with Crippen molar-refractivity contribution in [2.45, 2.75) is 44.5 Å². The van der Waals surface area contributed by atoms with Crippen LogP contribution in [0.3, 0.4) is 0 Å². The summed E-state index contributed by atoms with van der Waals surface area (Å²) in [5, 5.41) is 13.8. The number of nitrogens with zero attached hydrogens (tertiary/aromatic N) is 3. The minimum Gasteiger partial charge on any atom is -0.361 e. The van der Waals surface area contributed by atoms with E-state index in [2.05, 4.69) is 20.7 Å². The van der Waals surface area contributed by atoms with Gasteiger partial charge >= 0.3 is 0 Å². The van der Waals surface area contributed by atoms with E-state index < -0.39 is 0 Å². The fraction of sp³-hybridized carbons (Fsp3) is 0.333. The average Bonchev–Trinajstić information content (AvgIpc) is 3.19. The second-order valence-corrected chi connectivity index (χ2v) is 7.36. The van der Waals surface area contributed by atoms with E-state index in [1.165, 1.54) is 0 Å². The van der Waals surface area contributed by atoms with Gasteiger partial charge in [-0.25, -0.2) is 0 Å². The third-order valence-corrected chi connectivity index (χ3v) is 5.66. The molecule has 1 aromatic carbocycles. The first-order chi connectivity index (χ1) is 13.0. The summed E-state index contributed by atoms with van der Waals surface area (Å²) in [4.78, 5) is 13.6. The van der Waals surface area contributed by atoms with E-state index in [4.69, 9.17) is 16.7 Å². The molecule has 0 aliphatic heterocycles. The number of aryl methyl sites for hydroxylation is 2. The first kappa shape index (κ1) is 19.4. The molecule has 0 bridgehead atoms. The summed E-state index contributed by atoms with van der Waals surface area (Å²) in [6.07, 6.45) is 0. The molecule has 2 heterocycles. The third kappa shape index (κ3) is 4.30. The molecule has 2 aromatic heterocycles. The molecular weight excluding hydrogens is 382 g/mol.